The molecular formula is C12H24N2O3. The van der Waals surface area contributed by atoms with Gasteiger partial charge in [0.15, 0.2) is 0 Å². The number of β-amino-alcohol motifs (C(OH)–C–C–N with tert-alkyl or cyclic N) is 1. The monoisotopic (exact) mass is 244 g/mol. The molecular weight excluding hydrogens is 220 g/mol. The highest BCUT2D eigenvalue weighted by atomic mass is 16.6. The van der Waals surface area contributed by atoms with Gasteiger partial charge in [0.05, 0.1) is 6.61 Å². The molecule has 0 aliphatic carbocycles. The summed E-state index contributed by atoms with van der Waals surface area (Å²) < 4.78 is 5.22. The lowest BCUT2D eigenvalue weighted by Gasteiger charge is -2.33. The van der Waals surface area contributed by atoms with Crippen LogP contribution in [0.4, 0.5) is 4.79 Å². The van der Waals surface area contributed by atoms with E-state index >= 15 is 0 Å². The smallest absolute Gasteiger partial charge is 0.407 e. The van der Waals surface area contributed by atoms with Gasteiger partial charge in [0, 0.05) is 19.1 Å². The van der Waals surface area contributed by atoms with Crippen LogP contribution in [-0.2, 0) is 4.74 Å². The Morgan fingerprint density at radius 3 is 2.82 bits per heavy atom. The zero-order chi connectivity index (χ0) is 12.9. The van der Waals surface area contributed by atoms with Crippen molar-refractivity contribution in [2.45, 2.75) is 45.3 Å². The van der Waals surface area contributed by atoms with Crippen molar-refractivity contribution in [2.24, 2.45) is 0 Å². The summed E-state index contributed by atoms with van der Waals surface area (Å²) in [5.74, 6) is 0. The predicted octanol–water partition coefficient (Wildman–Crippen LogP) is 0.968. The zero-order valence-corrected chi connectivity index (χ0v) is 11.0. The number of hydrogen-bond donors (Lipinski definition) is 2. The molecule has 1 aliphatic heterocycles. The second-order valence-electron chi connectivity index (χ2n) is 5.51. The van der Waals surface area contributed by atoms with Crippen LogP contribution in [-0.4, -0.2) is 54.0 Å². The van der Waals surface area contributed by atoms with Gasteiger partial charge in [0.1, 0.15) is 5.60 Å². The molecule has 1 atom stereocenters. The van der Waals surface area contributed by atoms with E-state index in [1.807, 2.05) is 20.8 Å². The van der Waals surface area contributed by atoms with Crippen LogP contribution in [0.25, 0.3) is 0 Å². The number of aliphatic hydroxyl groups excluding tert-OH is 1. The number of likely N-dealkylation sites (tertiary alicyclic amines) is 1. The third-order valence-electron chi connectivity index (χ3n) is 2.64. The Morgan fingerprint density at radius 2 is 2.24 bits per heavy atom. The van der Waals surface area contributed by atoms with Crippen LogP contribution < -0.4 is 5.32 Å². The molecule has 5 nitrogen and oxygen atoms in total. The number of hydrogen-bond acceptors (Lipinski definition) is 4. The summed E-state index contributed by atoms with van der Waals surface area (Å²) in [5.41, 5.74) is -0.455. The molecule has 1 amide bonds. The van der Waals surface area contributed by atoms with Gasteiger partial charge in [-0.2, -0.15) is 0 Å². The minimum atomic E-state index is -0.455. The second-order valence-corrected chi connectivity index (χ2v) is 5.51. The van der Waals surface area contributed by atoms with Crippen LogP contribution in [0, 0.1) is 0 Å². The minimum absolute atomic E-state index is 0.130. The number of rotatable bonds is 3. The van der Waals surface area contributed by atoms with Crippen molar-refractivity contribution in [3.63, 3.8) is 0 Å². The molecule has 0 aromatic rings. The van der Waals surface area contributed by atoms with Crippen molar-refractivity contribution in [1.82, 2.24) is 10.2 Å². The molecule has 1 rings (SSSR count). The van der Waals surface area contributed by atoms with E-state index in [1.54, 1.807) is 0 Å². The Bertz CT molecular complexity index is 249. The van der Waals surface area contributed by atoms with Crippen molar-refractivity contribution in [3.8, 4) is 0 Å². The molecule has 0 bridgehead atoms. The van der Waals surface area contributed by atoms with E-state index in [4.69, 9.17) is 9.84 Å². The van der Waals surface area contributed by atoms with E-state index in [0.29, 0.717) is 6.54 Å². The number of piperidine rings is 1. The van der Waals surface area contributed by atoms with Gasteiger partial charge in [0.2, 0.25) is 0 Å². The van der Waals surface area contributed by atoms with Crippen LogP contribution in [0.15, 0.2) is 0 Å². The molecule has 0 spiro atoms. The summed E-state index contributed by atoms with van der Waals surface area (Å²) in [5, 5.41) is 11.8. The van der Waals surface area contributed by atoms with E-state index in [1.165, 1.54) is 0 Å². The highest BCUT2D eigenvalue weighted by Crippen LogP contribution is 2.11. The Balaban J connectivity index is 2.33. The fraction of sp³-hybridized carbons (Fsp3) is 0.917. The van der Waals surface area contributed by atoms with Crippen molar-refractivity contribution >= 4 is 6.09 Å². The highest BCUT2D eigenvalue weighted by molar-refractivity contribution is 5.68. The number of nitrogens with zero attached hydrogens (tertiary/aromatic N) is 1. The maximum Gasteiger partial charge on any atom is 0.407 e. The largest absolute Gasteiger partial charge is 0.444 e. The third kappa shape index (κ3) is 5.89. The van der Waals surface area contributed by atoms with E-state index in [9.17, 15) is 4.79 Å². The Hall–Kier alpha value is -0.810. The number of carbonyl (C=O) groups is 1. The van der Waals surface area contributed by atoms with Gasteiger partial charge in [-0.15, -0.1) is 0 Å². The lowest BCUT2D eigenvalue weighted by molar-refractivity contribution is 0.0468. The van der Waals surface area contributed by atoms with E-state index in [0.717, 1.165) is 25.9 Å². The lowest BCUT2D eigenvalue weighted by atomic mass is 10.1. The molecule has 1 saturated heterocycles. The molecule has 0 aromatic heterocycles. The van der Waals surface area contributed by atoms with Crippen molar-refractivity contribution in [3.05, 3.63) is 0 Å². The van der Waals surface area contributed by atoms with Gasteiger partial charge in [-0.3, -0.25) is 4.90 Å². The first-order valence-electron chi connectivity index (χ1n) is 6.23. The Morgan fingerprint density at radius 1 is 1.53 bits per heavy atom. The number of amides is 1. The van der Waals surface area contributed by atoms with Crippen LogP contribution in [0.2, 0.25) is 0 Å². The molecule has 2 N–H and O–H groups in total. The molecule has 5 heteroatoms. The molecule has 1 fully saturated rings. The highest BCUT2D eigenvalue weighted by Gasteiger charge is 2.23. The van der Waals surface area contributed by atoms with E-state index in [-0.39, 0.29) is 18.7 Å². The summed E-state index contributed by atoms with van der Waals surface area (Å²) >= 11 is 0. The molecule has 1 heterocycles. The molecule has 0 unspecified atom stereocenters. The number of aliphatic hydroxyl groups is 1. The topological polar surface area (TPSA) is 61.8 Å². The van der Waals surface area contributed by atoms with Crippen LogP contribution in [0.3, 0.4) is 0 Å². The van der Waals surface area contributed by atoms with Crippen molar-refractivity contribution < 1.29 is 14.6 Å². The first kappa shape index (κ1) is 14.3. The molecule has 1 aliphatic rings. The van der Waals surface area contributed by atoms with Gasteiger partial charge in [-0.1, -0.05) is 0 Å². The number of ether oxygens (including phenoxy) is 1. The lowest BCUT2D eigenvalue weighted by Crippen LogP contribution is -2.49. The van der Waals surface area contributed by atoms with Crippen molar-refractivity contribution in [2.75, 3.05) is 26.2 Å². The fourth-order valence-corrected chi connectivity index (χ4v) is 1.99. The summed E-state index contributed by atoms with van der Waals surface area (Å²) in [6.45, 7) is 8.18. The average Bonchev–Trinajstić information content (AvgIpc) is 2.15. The minimum Gasteiger partial charge on any atom is -0.444 e. The predicted molar refractivity (Wildman–Crippen MR) is 65.9 cm³/mol. The maximum atomic E-state index is 11.6. The first-order valence-corrected chi connectivity index (χ1v) is 6.23. The summed E-state index contributed by atoms with van der Waals surface area (Å²) in [6, 6.07) is 0.130. The van der Waals surface area contributed by atoms with Crippen molar-refractivity contribution in [1.29, 1.82) is 0 Å². The molecule has 17 heavy (non-hydrogen) atoms. The molecule has 100 valence electrons. The second kappa shape index (κ2) is 6.21. The van der Waals surface area contributed by atoms with Crippen LogP contribution >= 0.6 is 0 Å². The van der Waals surface area contributed by atoms with Gasteiger partial charge < -0.3 is 15.2 Å². The third-order valence-corrected chi connectivity index (χ3v) is 2.64. The van der Waals surface area contributed by atoms with E-state index < -0.39 is 5.60 Å². The zero-order valence-electron chi connectivity index (χ0n) is 11.0. The van der Waals surface area contributed by atoms with Gasteiger partial charge in [0.25, 0.3) is 0 Å². The number of carbonyl (C=O) groups excluding carboxylic acids is 1. The summed E-state index contributed by atoms with van der Waals surface area (Å²) in [6.07, 6.45) is 1.66. The average molecular weight is 244 g/mol. The van der Waals surface area contributed by atoms with Crippen LogP contribution in [0.5, 0.6) is 0 Å². The van der Waals surface area contributed by atoms with E-state index in [2.05, 4.69) is 10.2 Å². The molecule has 0 radical (unpaired) electrons. The SMILES string of the molecule is CC(C)(C)OC(=O)N[C@H]1CCCN(CCO)C1. The Kier molecular flexibility index (Phi) is 5.21. The quantitative estimate of drug-likeness (QED) is 0.776. The van der Waals surface area contributed by atoms with Crippen LogP contribution in [0.1, 0.15) is 33.6 Å². The summed E-state index contributed by atoms with van der Waals surface area (Å²) in [7, 11) is 0. The number of alkyl carbamates (subject to hydrolysis) is 1. The first-order chi connectivity index (χ1) is 7.90. The van der Waals surface area contributed by atoms with Gasteiger partial charge >= 0.3 is 6.09 Å². The summed E-state index contributed by atoms with van der Waals surface area (Å²) in [4.78, 5) is 13.7. The Labute approximate surface area is 103 Å². The van der Waals surface area contributed by atoms with Gasteiger partial charge in [-0.25, -0.2) is 4.79 Å². The normalized spacial score (nSPS) is 22.2. The van der Waals surface area contributed by atoms with Gasteiger partial charge in [-0.05, 0) is 40.2 Å². The standard InChI is InChI=1S/C12H24N2O3/c1-12(2,3)17-11(16)13-10-5-4-6-14(9-10)7-8-15/h10,15H,4-9H2,1-3H3,(H,13,16)/t10-/m0/s1. The number of nitrogens with one attached hydrogen (secondary N) is 1. The maximum absolute atomic E-state index is 11.6. The fourth-order valence-electron chi connectivity index (χ4n) is 1.99. The molecule has 0 aromatic carbocycles. The molecule has 0 saturated carbocycles.